The Bertz CT molecular complexity index is 1060. The highest BCUT2D eigenvalue weighted by molar-refractivity contribution is 9.10. The molecule has 2 aromatic rings. The van der Waals surface area contributed by atoms with E-state index in [-0.39, 0.29) is 38.8 Å². The van der Waals surface area contributed by atoms with Crippen LogP contribution in [0.15, 0.2) is 40.0 Å². The van der Waals surface area contributed by atoms with Crippen molar-refractivity contribution in [2.45, 2.75) is 24.7 Å². The lowest BCUT2D eigenvalue weighted by atomic mass is 9.86. The minimum absolute atomic E-state index is 0.0438. The van der Waals surface area contributed by atoms with Crippen molar-refractivity contribution in [1.82, 2.24) is 5.32 Å². The lowest BCUT2D eigenvalue weighted by Crippen LogP contribution is -2.42. The highest BCUT2D eigenvalue weighted by Gasteiger charge is 2.62. The van der Waals surface area contributed by atoms with Crippen LogP contribution in [-0.4, -0.2) is 29.8 Å². The van der Waals surface area contributed by atoms with Crippen molar-refractivity contribution in [2.75, 3.05) is 12.0 Å². The Morgan fingerprint density at radius 1 is 1.25 bits per heavy atom. The molecule has 4 nitrogen and oxygen atoms in total. The number of rotatable bonds is 6. The van der Waals surface area contributed by atoms with E-state index in [1.54, 1.807) is 18.2 Å². The number of benzene rings is 2. The van der Waals surface area contributed by atoms with Crippen LogP contribution in [-0.2, 0) is 21.8 Å². The predicted molar refractivity (Wildman–Crippen MR) is 126 cm³/mol. The van der Waals surface area contributed by atoms with E-state index < -0.39 is 18.2 Å². The van der Waals surface area contributed by atoms with E-state index in [2.05, 4.69) is 26.4 Å². The molecule has 32 heavy (non-hydrogen) atoms. The fourth-order valence-corrected chi connectivity index (χ4v) is 4.57. The molecule has 1 aliphatic heterocycles. The third kappa shape index (κ3) is 5.17. The minimum Gasteiger partial charge on any atom is -0.374 e. The van der Waals surface area contributed by atoms with Crippen LogP contribution in [0.25, 0.3) is 0 Å². The van der Waals surface area contributed by atoms with E-state index in [9.17, 15) is 18.0 Å². The molecule has 1 amide bonds. The number of carbonyl (C=O) groups excluding carboxylic acids is 1. The first kappa shape index (κ1) is 25.5. The third-order valence-electron chi connectivity index (χ3n) is 4.77. The molecule has 0 spiro atoms. The van der Waals surface area contributed by atoms with Gasteiger partial charge in [0.25, 0.3) is 5.60 Å². The van der Waals surface area contributed by atoms with Gasteiger partial charge in [-0.25, -0.2) is 0 Å². The smallest absolute Gasteiger partial charge is 0.374 e. The molecule has 0 saturated heterocycles. The number of nitrogens with one attached hydrogen (secondary N) is 1. The quantitative estimate of drug-likeness (QED) is 0.370. The molecule has 1 heterocycles. The summed E-state index contributed by atoms with van der Waals surface area (Å²) in [6, 6.07) is 7.12. The first-order chi connectivity index (χ1) is 15.0. The van der Waals surface area contributed by atoms with E-state index in [0.717, 1.165) is 17.7 Å². The number of oxime groups is 1. The Morgan fingerprint density at radius 2 is 1.91 bits per heavy atom. The molecule has 1 N–H and O–H groups in total. The van der Waals surface area contributed by atoms with Crippen LogP contribution < -0.4 is 5.32 Å². The Labute approximate surface area is 209 Å². The van der Waals surface area contributed by atoms with E-state index in [0.29, 0.717) is 15.8 Å². The average Bonchev–Trinajstić information content (AvgIpc) is 3.18. The van der Waals surface area contributed by atoms with E-state index in [1.807, 2.05) is 6.26 Å². The molecule has 0 fully saturated rings. The Hall–Kier alpha value is -1.13. The lowest BCUT2D eigenvalue weighted by molar-refractivity contribution is -0.275. The number of nitrogens with zero attached hydrogens (tertiary/aromatic N) is 1. The molecule has 1 aliphatic rings. The summed E-state index contributed by atoms with van der Waals surface area (Å²) < 4.78 is 43.1. The van der Waals surface area contributed by atoms with Gasteiger partial charge >= 0.3 is 6.18 Å². The fourth-order valence-electron chi connectivity index (χ4n) is 3.09. The molecule has 172 valence electrons. The van der Waals surface area contributed by atoms with Gasteiger partial charge in [0.2, 0.25) is 5.91 Å². The van der Waals surface area contributed by atoms with Gasteiger partial charge in [-0.3, -0.25) is 4.79 Å². The third-order valence-corrected chi connectivity index (χ3v) is 7.26. The molecule has 3 rings (SSSR count). The molecule has 2 aromatic carbocycles. The summed E-state index contributed by atoms with van der Waals surface area (Å²) >= 11 is 22.6. The zero-order valence-corrected chi connectivity index (χ0v) is 21.0. The van der Waals surface area contributed by atoms with Gasteiger partial charge in [-0.15, -0.1) is 0 Å². The van der Waals surface area contributed by atoms with Crippen molar-refractivity contribution in [1.29, 1.82) is 0 Å². The molecule has 0 bridgehead atoms. The maximum absolute atomic E-state index is 14.2. The van der Waals surface area contributed by atoms with Gasteiger partial charge in [-0.1, -0.05) is 68.0 Å². The zero-order chi connectivity index (χ0) is 23.7. The Balaban J connectivity index is 1.87. The maximum atomic E-state index is 14.2. The molecule has 1 unspecified atom stereocenters. The van der Waals surface area contributed by atoms with Gasteiger partial charge in [0.1, 0.15) is 0 Å². The number of alkyl halides is 3. The Morgan fingerprint density at radius 3 is 2.47 bits per heavy atom. The van der Waals surface area contributed by atoms with Gasteiger partial charge in [0.05, 0.1) is 26.5 Å². The second kappa shape index (κ2) is 10.0. The molecule has 0 radical (unpaired) electrons. The van der Waals surface area contributed by atoms with E-state index in [1.165, 1.54) is 11.8 Å². The van der Waals surface area contributed by atoms with Crippen LogP contribution in [0, 0.1) is 0 Å². The second-order valence-electron chi connectivity index (χ2n) is 6.90. The first-order valence-electron chi connectivity index (χ1n) is 8.99. The van der Waals surface area contributed by atoms with Crippen LogP contribution in [0.2, 0.25) is 15.1 Å². The SMILES string of the molecule is CSCC(=O)NCc1ccc(C2=NOC(c3cc(Cl)c(Cl)c(Cl)c3)(C(F)(F)F)C2)cc1Br. The standard InChI is InChI=1S/C20H15BrCl3F3N2O2S/c1-32-9-17(30)28-8-11-3-2-10(4-13(11)21)16-7-19(31-29-16,20(25,26)27)12-5-14(22)18(24)15(23)6-12/h2-6H,7-9H2,1H3,(H,28,30). The van der Waals surface area contributed by atoms with Crippen LogP contribution in [0.3, 0.4) is 0 Å². The van der Waals surface area contributed by atoms with Crippen LogP contribution >= 0.6 is 62.5 Å². The van der Waals surface area contributed by atoms with Crippen LogP contribution in [0.5, 0.6) is 0 Å². The number of thioether (sulfide) groups is 1. The number of carbonyl (C=O) groups is 1. The monoisotopic (exact) mass is 588 g/mol. The maximum Gasteiger partial charge on any atom is 0.435 e. The number of hydrogen-bond acceptors (Lipinski definition) is 4. The lowest BCUT2D eigenvalue weighted by Gasteiger charge is -2.30. The van der Waals surface area contributed by atoms with Crippen molar-refractivity contribution >= 4 is 74.1 Å². The van der Waals surface area contributed by atoms with Gasteiger partial charge in [-0.2, -0.15) is 24.9 Å². The van der Waals surface area contributed by atoms with Gasteiger partial charge in [-0.05, 0) is 30.0 Å². The zero-order valence-electron chi connectivity index (χ0n) is 16.3. The van der Waals surface area contributed by atoms with Crippen molar-refractivity contribution in [3.63, 3.8) is 0 Å². The molecule has 0 aliphatic carbocycles. The van der Waals surface area contributed by atoms with Crippen molar-refractivity contribution < 1.29 is 22.8 Å². The minimum atomic E-state index is -4.81. The summed E-state index contributed by atoms with van der Waals surface area (Å²) in [5.74, 6) is 0.222. The van der Waals surface area contributed by atoms with E-state index >= 15 is 0 Å². The summed E-state index contributed by atoms with van der Waals surface area (Å²) in [7, 11) is 0. The second-order valence-corrected chi connectivity index (χ2v) is 9.81. The molecule has 1 atom stereocenters. The van der Waals surface area contributed by atoms with Crippen LogP contribution in [0.4, 0.5) is 13.2 Å². The normalized spacial score (nSPS) is 18.3. The molecular weight excluding hydrogens is 576 g/mol. The highest BCUT2D eigenvalue weighted by Crippen LogP contribution is 2.50. The topological polar surface area (TPSA) is 50.7 Å². The van der Waals surface area contributed by atoms with Gasteiger partial charge < -0.3 is 10.2 Å². The summed E-state index contributed by atoms with van der Waals surface area (Å²) in [4.78, 5) is 16.7. The van der Waals surface area contributed by atoms with Crippen molar-refractivity contribution in [3.05, 3.63) is 66.6 Å². The number of amides is 1. The summed E-state index contributed by atoms with van der Waals surface area (Å²) in [5.41, 5.74) is -1.75. The number of hydrogen-bond donors (Lipinski definition) is 1. The summed E-state index contributed by atoms with van der Waals surface area (Å²) in [6.45, 7) is 0.275. The van der Waals surface area contributed by atoms with Gasteiger partial charge in [0.15, 0.2) is 0 Å². The van der Waals surface area contributed by atoms with E-state index in [4.69, 9.17) is 39.6 Å². The molecule has 0 aromatic heterocycles. The Kier molecular flexibility index (Phi) is 7.97. The fraction of sp³-hybridized carbons (Fsp3) is 0.300. The molecule has 12 heteroatoms. The van der Waals surface area contributed by atoms with Crippen molar-refractivity contribution in [2.24, 2.45) is 5.16 Å². The first-order valence-corrected chi connectivity index (χ1v) is 12.3. The number of halogens is 7. The highest BCUT2D eigenvalue weighted by atomic mass is 79.9. The molecule has 0 saturated carbocycles. The van der Waals surface area contributed by atoms with Gasteiger partial charge in [0, 0.05) is 28.6 Å². The summed E-state index contributed by atoms with van der Waals surface area (Å²) in [6.07, 6.45) is -3.57. The largest absolute Gasteiger partial charge is 0.435 e. The van der Waals surface area contributed by atoms with Crippen LogP contribution in [0.1, 0.15) is 23.1 Å². The van der Waals surface area contributed by atoms with Crippen molar-refractivity contribution in [3.8, 4) is 0 Å². The average molecular weight is 591 g/mol. The summed E-state index contributed by atoms with van der Waals surface area (Å²) in [5, 5.41) is 6.22. The molecular formula is C20H15BrCl3F3N2O2S. The predicted octanol–water partition coefficient (Wildman–Crippen LogP) is 6.97.